The Morgan fingerprint density at radius 2 is 1.69 bits per heavy atom. The number of sulfone groups is 1. The summed E-state index contributed by atoms with van der Waals surface area (Å²) in [6.07, 6.45) is 0. The van der Waals surface area contributed by atoms with Crippen LogP contribution in [0.3, 0.4) is 0 Å². The highest BCUT2D eigenvalue weighted by Gasteiger charge is 2.42. The third-order valence-electron chi connectivity index (χ3n) is 3.83. The van der Waals surface area contributed by atoms with Crippen LogP contribution in [-0.2, 0) is 14.6 Å². The van der Waals surface area contributed by atoms with Crippen molar-refractivity contribution in [3.63, 3.8) is 0 Å². The van der Waals surface area contributed by atoms with E-state index in [1.165, 1.54) is 32.0 Å². The molecule has 2 rings (SSSR count). The van der Waals surface area contributed by atoms with Gasteiger partial charge in [-0.3, -0.25) is 9.59 Å². The summed E-state index contributed by atoms with van der Waals surface area (Å²) in [7, 11) is -4.01. The van der Waals surface area contributed by atoms with E-state index in [-0.39, 0.29) is 10.6 Å². The molecule has 2 aromatic carbocycles. The zero-order valence-corrected chi connectivity index (χ0v) is 16.3. The molecule has 0 bridgehead atoms. The second kappa shape index (κ2) is 7.16. The fourth-order valence-corrected chi connectivity index (χ4v) is 3.75. The highest BCUT2D eigenvalue weighted by atomic mass is 79.9. The summed E-state index contributed by atoms with van der Waals surface area (Å²) in [5, 5.41) is 2.39. The number of hydrogen-bond donors (Lipinski definition) is 2. The number of nitrogens with one attached hydrogen (secondary N) is 1. The maximum absolute atomic E-state index is 13.5. The number of carbonyl (C=O) groups is 2. The van der Waals surface area contributed by atoms with Crippen molar-refractivity contribution in [1.29, 1.82) is 0 Å². The summed E-state index contributed by atoms with van der Waals surface area (Å²) in [6.45, 7) is 2.52. The molecule has 3 N–H and O–H groups in total. The van der Waals surface area contributed by atoms with Crippen LogP contribution in [0.2, 0.25) is 0 Å². The van der Waals surface area contributed by atoms with Gasteiger partial charge >= 0.3 is 0 Å². The lowest BCUT2D eigenvalue weighted by Crippen LogP contribution is -2.44. The lowest BCUT2D eigenvalue weighted by molar-refractivity contribution is -0.117. The highest BCUT2D eigenvalue weighted by Crippen LogP contribution is 2.28. The number of hydrogen-bond acceptors (Lipinski definition) is 4. The SMILES string of the molecule is CC(C)(C(=O)Nc1ccc(F)c(C(N)=O)c1)S(=O)(=O)c1ccc(Br)cc1. The van der Waals surface area contributed by atoms with E-state index in [2.05, 4.69) is 21.2 Å². The van der Waals surface area contributed by atoms with E-state index in [9.17, 15) is 22.4 Å². The van der Waals surface area contributed by atoms with Crippen molar-refractivity contribution in [3.05, 3.63) is 58.3 Å². The molecule has 0 saturated heterocycles. The minimum Gasteiger partial charge on any atom is -0.366 e. The number of halogens is 2. The third-order valence-corrected chi connectivity index (χ3v) is 6.78. The molecule has 0 fully saturated rings. The van der Waals surface area contributed by atoms with Crippen molar-refractivity contribution in [2.45, 2.75) is 23.5 Å². The molecule has 0 aromatic heterocycles. The molecular weight excluding hydrogens is 427 g/mol. The smallest absolute Gasteiger partial charge is 0.251 e. The second-order valence-corrected chi connectivity index (χ2v) is 9.40. The van der Waals surface area contributed by atoms with Crippen LogP contribution in [0.5, 0.6) is 0 Å². The molecule has 0 aliphatic carbocycles. The molecular formula is C17H16BrFN2O4S. The average Bonchev–Trinajstić information content (AvgIpc) is 2.56. The first-order valence-electron chi connectivity index (χ1n) is 7.38. The Morgan fingerprint density at radius 3 is 2.23 bits per heavy atom. The highest BCUT2D eigenvalue weighted by molar-refractivity contribution is 9.10. The summed E-state index contributed by atoms with van der Waals surface area (Å²) in [6, 6.07) is 9.11. The van der Waals surface area contributed by atoms with Gasteiger partial charge in [0, 0.05) is 10.2 Å². The number of amides is 2. The lowest BCUT2D eigenvalue weighted by Gasteiger charge is -2.24. The molecule has 0 radical (unpaired) electrons. The monoisotopic (exact) mass is 442 g/mol. The number of rotatable bonds is 5. The van der Waals surface area contributed by atoms with Gasteiger partial charge in [-0.05, 0) is 56.3 Å². The molecule has 0 saturated carbocycles. The summed E-state index contributed by atoms with van der Waals surface area (Å²) >= 11 is 3.22. The predicted octanol–water partition coefficient (Wildman–Crippen LogP) is 2.88. The summed E-state index contributed by atoms with van der Waals surface area (Å²) < 4.78 is 38.0. The molecule has 0 unspecified atom stereocenters. The van der Waals surface area contributed by atoms with Crippen LogP contribution >= 0.6 is 15.9 Å². The van der Waals surface area contributed by atoms with Crippen molar-refractivity contribution >= 4 is 43.3 Å². The van der Waals surface area contributed by atoms with Gasteiger partial charge in [-0.15, -0.1) is 0 Å². The Balaban J connectivity index is 2.34. The lowest BCUT2D eigenvalue weighted by atomic mass is 10.1. The third kappa shape index (κ3) is 3.78. The van der Waals surface area contributed by atoms with E-state index in [4.69, 9.17) is 5.73 Å². The largest absolute Gasteiger partial charge is 0.366 e. The zero-order valence-electron chi connectivity index (χ0n) is 13.9. The van der Waals surface area contributed by atoms with E-state index >= 15 is 0 Å². The maximum atomic E-state index is 13.5. The number of primary amides is 1. The molecule has 9 heteroatoms. The van der Waals surface area contributed by atoms with E-state index in [0.717, 1.165) is 12.1 Å². The first-order valence-corrected chi connectivity index (χ1v) is 9.65. The quantitative estimate of drug-likeness (QED) is 0.741. The number of nitrogens with two attached hydrogens (primary N) is 1. The van der Waals surface area contributed by atoms with E-state index in [1.54, 1.807) is 12.1 Å². The van der Waals surface area contributed by atoms with E-state index < -0.39 is 37.8 Å². The Kier molecular flexibility index (Phi) is 5.52. The Morgan fingerprint density at radius 1 is 1.12 bits per heavy atom. The van der Waals surface area contributed by atoms with Crippen LogP contribution in [-0.4, -0.2) is 25.0 Å². The number of anilines is 1. The van der Waals surface area contributed by atoms with Crippen molar-refractivity contribution in [2.24, 2.45) is 5.73 Å². The topological polar surface area (TPSA) is 106 Å². The molecule has 2 aromatic rings. The fourth-order valence-electron chi connectivity index (χ4n) is 2.10. The van der Waals surface area contributed by atoms with Gasteiger partial charge in [0.25, 0.3) is 5.91 Å². The molecule has 26 heavy (non-hydrogen) atoms. The van der Waals surface area contributed by atoms with Gasteiger partial charge in [-0.2, -0.15) is 0 Å². The molecule has 138 valence electrons. The second-order valence-electron chi connectivity index (χ2n) is 5.98. The summed E-state index contributed by atoms with van der Waals surface area (Å²) in [5.74, 6) is -2.67. The molecule has 0 atom stereocenters. The zero-order chi connectivity index (χ0) is 19.7. The standard InChI is InChI=1S/C17H16BrFN2O4S/c1-17(2,26(24,25)12-6-3-10(18)4-7-12)16(23)21-11-5-8-14(19)13(9-11)15(20)22/h3-9H,1-2H3,(H2,20,22)(H,21,23). The van der Waals surface area contributed by atoms with Crippen molar-refractivity contribution < 1.29 is 22.4 Å². The Labute approximate surface area is 158 Å². The Bertz CT molecular complexity index is 973. The van der Waals surface area contributed by atoms with Crippen molar-refractivity contribution in [2.75, 3.05) is 5.32 Å². The first-order chi connectivity index (χ1) is 12.0. The average molecular weight is 443 g/mol. The molecule has 0 aliphatic heterocycles. The van der Waals surface area contributed by atoms with Gasteiger partial charge in [0.1, 0.15) is 10.6 Å². The van der Waals surface area contributed by atoms with E-state index in [0.29, 0.717) is 4.47 Å². The minimum absolute atomic E-state index is 0.0159. The fraction of sp³-hybridized carbons (Fsp3) is 0.176. The molecule has 0 aliphatic rings. The van der Waals surface area contributed by atoms with Crippen LogP contribution in [0.4, 0.5) is 10.1 Å². The van der Waals surface area contributed by atoms with Gasteiger partial charge in [-0.1, -0.05) is 15.9 Å². The van der Waals surface area contributed by atoms with Crippen LogP contribution in [0.25, 0.3) is 0 Å². The van der Waals surface area contributed by atoms with Crippen LogP contribution in [0, 0.1) is 5.82 Å². The molecule has 6 nitrogen and oxygen atoms in total. The maximum Gasteiger partial charge on any atom is 0.251 e. The minimum atomic E-state index is -4.01. The van der Waals surface area contributed by atoms with Crippen LogP contribution < -0.4 is 11.1 Å². The number of carbonyl (C=O) groups excluding carboxylic acids is 2. The Hall–Kier alpha value is -2.26. The normalized spacial score (nSPS) is 11.8. The first kappa shape index (κ1) is 20.1. The van der Waals surface area contributed by atoms with Crippen LogP contribution in [0.15, 0.2) is 51.8 Å². The van der Waals surface area contributed by atoms with Crippen molar-refractivity contribution in [1.82, 2.24) is 0 Å². The van der Waals surface area contributed by atoms with Gasteiger partial charge in [0.15, 0.2) is 9.84 Å². The van der Waals surface area contributed by atoms with Gasteiger partial charge in [-0.25, -0.2) is 12.8 Å². The molecule has 0 heterocycles. The molecule has 2 amide bonds. The predicted molar refractivity (Wildman–Crippen MR) is 99.0 cm³/mol. The molecule has 0 spiro atoms. The number of benzene rings is 2. The van der Waals surface area contributed by atoms with Crippen molar-refractivity contribution in [3.8, 4) is 0 Å². The van der Waals surface area contributed by atoms with Gasteiger partial charge < -0.3 is 11.1 Å². The summed E-state index contributed by atoms with van der Waals surface area (Å²) in [5.41, 5.74) is 4.72. The van der Waals surface area contributed by atoms with E-state index in [1.807, 2.05) is 0 Å². The summed E-state index contributed by atoms with van der Waals surface area (Å²) in [4.78, 5) is 23.8. The van der Waals surface area contributed by atoms with Gasteiger partial charge in [0.2, 0.25) is 5.91 Å². The van der Waals surface area contributed by atoms with Crippen LogP contribution in [0.1, 0.15) is 24.2 Å². The van der Waals surface area contributed by atoms with Gasteiger partial charge in [0.05, 0.1) is 10.5 Å².